The highest BCUT2D eigenvalue weighted by molar-refractivity contribution is 6.34. The molecule has 4 nitrogen and oxygen atoms in total. The first-order chi connectivity index (χ1) is 8.15. The molecule has 1 unspecified atom stereocenters. The molecule has 3 N–H and O–H groups in total. The monoisotopic (exact) mass is 253 g/mol. The molecule has 1 atom stereocenters. The van der Waals surface area contributed by atoms with E-state index in [1.165, 1.54) is 0 Å². The highest BCUT2D eigenvalue weighted by Crippen LogP contribution is 2.34. The minimum Gasteiger partial charge on any atom is -0.397 e. The van der Waals surface area contributed by atoms with Crippen molar-refractivity contribution in [2.45, 2.75) is 19.4 Å². The maximum atomic E-state index is 11.8. The van der Waals surface area contributed by atoms with E-state index in [2.05, 4.69) is 5.32 Å². The van der Waals surface area contributed by atoms with E-state index >= 15 is 0 Å². The van der Waals surface area contributed by atoms with Gasteiger partial charge in [-0.15, -0.1) is 0 Å². The van der Waals surface area contributed by atoms with Crippen LogP contribution < -0.4 is 16.0 Å². The molecule has 1 aliphatic heterocycles. The lowest BCUT2D eigenvalue weighted by Crippen LogP contribution is -2.55. The van der Waals surface area contributed by atoms with E-state index in [1.807, 2.05) is 17.9 Å². The van der Waals surface area contributed by atoms with Crippen molar-refractivity contribution in [2.75, 3.05) is 23.7 Å². The third-order valence-corrected chi connectivity index (χ3v) is 3.33. The zero-order valence-electron chi connectivity index (χ0n) is 9.74. The number of rotatable bonds is 2. The van der Waals surface area contributed by atoms with E-state index in [4.69, 9.17) is 17.3 Å². The second-order valence-corrected chi connectivity index (χ2v) is 4.49. The molecule has 1 aromatic rings. The molecule has 5 heteroatoms. The molecular weight excluding hydrogens is 238 g/mol. The average molecular weight is 254 g/mol. The lowest BCUT2D eigenvalue weighted by atomic mass is 10.1. The van der Waals surface area contributed by atoms with Crippen LogP contribution in [-0.4, -0.2) is 25.0 Å². The molecule has 1 amide bonds. The summed E-state index contributed by atoms with van der Waals surface area (Å²) in [6.07, 6.45) is 0.733. The van der Waals surface area contributed by atoms with Crippen LogP contribution in [0, 0.1) is 0 Å². The summed E-state index contributed by atoms with van der Waals surface area (Å²) >= 11 is 6.18. The Morgan fingerprint density at radius 3 is 3.00 bits per heavy atom. The van der Waals surface area contributed by atoms with Gasteiger partial charge in [0.2, 0.25) is 5.91 Å². The number of amides is 1. The minimum absolute atomic E-state index is 0.0399. The fraction of sp³-hybridized carbons (Fsp3) is 0.417. The smallest absolute Gasteiger partial charge is 0.242 e. The number of halogens is 1. The summed E-state index contributed by atoms with van der Waals surface area (Å²) in [5, 5.41) is 3.45. The van der Waals surface area contributed by atoms with E-state index < -0.39 is 0 Å². The molecule has 17 heavy (non-hydrogen) atoms. The quantitative estimate of drug-likeness (QED) is 0.788. The number of benzene rings is 1. The number of nitrogens with two attached hydrogens (primary N) is 1. The van der Waals surface area contributed by atoms with Gasteiger partial charge in [0, 0.05) is 13.1 Å². The van der Waals surface area contributed by atoms with Crippen molar-refractivity contribution in [3.63, 3.8) is 0 Å². The fourth-order valence-electron chi connectivity index (χ4n) is 2.22. The van der Waals surface area contributed by atoms with Crippen molar-refractivity contribution in [1.29, 1.82) is 0 Å². The van der Waals surface area contributed by atoms with Crippen molar-refractivity contribution < 1.29 is 4.79 Å². The number of nitrogen functional groups attached to an aromatic ring is 1. The summed E-state index contributed by atoms with van der Waals surface area (Å²) < 4.78 is 0. The Morgan fingerprint density at radius 1 is 1.59 bits per heavy atom. The summed E-state index contributed by atoms with van der Waals surface area (Å²) in [5.74, 6) is 0.0399. The number of anilines is 2. The topological polar surface area (TPSA) is 58.4 Å². The Balaban J connectivity index is 2.40. The van der Waals surface area contributed by atoms with Crippen LogP contribution in [0.15, 0.2) is 18.2 Å². The molecule has 1 fully saturated rings. The summed E-state index contributed by atoms with van der Waals surface area (Å²) in [6, 6.07) is 5.23. The van der Waals surface area contributed by atoms with E-state index in [-0.39, 0.29) is 11.9 Å². The molecule has 0 aliphatic carbocycles. The predicted octanol–water partition coefficient (Wildman–Crippen LogP) is 1.64. The number of para-hydroxylation sites is 1. The number of nitrogens with one attached hydrogen (secondary N) is 1. The Hall–Kier alpha value is -1.42. The first-order valence-electron chi connectivity index (χ1n) is 5.73. The first kappa shape index (κ1) is 12.0. The van der Waals surface area contributed by atoms with Gasteiger partial charge >= 0.3 is 0 Å². The van der Waals surface area contributed by atoms with Gasteiger partial charge in [0.05, 0.1) is 16.4 Å². The second kappa shape index (κ2) is 4.84. The molecule has 0 saturated carbocycles. The zero-order chi connectivity index (χ0) is 12.4. The van der Waals surface area contributed by atoms with Crippen molar-refractivity contribution in [3.8, 4) is 0 Å². The van der Waals surface area contributed by atoms with Gasteiger partial charge in [-0.05, 0) is 18.6 Å². The molecule has 0 bridgehead atoms. The molecule has 1 aliphatic rings. The van der Waals surface area contributed by atoms with Crippen LogP contribution in [0.1, 0.15) is 13.3 Å². The molecule has 1 heterocycles. The maximum Gasteiger partial charge on any atom is 0.242 e. The normalized spacial score (nSPS) is 20.2. The van der Waals surface area contributed by atoms with E-state index in [1.54, 1.807) is 12.1 Å². The van der Waals surface area contributed by atoms with Crippen LogP contribution in [0.4, 0.5) is 11.4 Å². The lowest BCUT2D eigenvalue weighted by molar-refractivity contribution is -0.123. The predicted molar refractivity (Wildman–Crippen MR) is 70.3 cm³/mol. The van der Waals surface area contributed by atoms with Crippen molar-refractivity contribution in [3.05, 3.63) is 23.2 Å². The Kier molecular flexibility index (Phi) is 3.43. The van der Waals surface area contributed by atoms with E-state index in [9.17, 15) is 4.79 Å². The zero-order valence-corrected chi connectivity index (χ0v) is 10.5. The molecule has 1 aromatic carbocycles. The van der Waals surface area contributed by atoms with Crippen molar-refractivity contribution >= 4 is 28.9 Å². The summed E-state index contributed by atoms with van der Waals surface area (Å²) in [4.78, 5) is 13.8. The SMILES string of the molecule is CCC1C(=O)NCCN1c1c(N)cccc1Cl. The van der Waals surface area contributed by atoms with Gasteiger partial charge in [-0.25, -0.2) is 0 Å². The summed E-state index contributed by atoms with van der Waals surface area (Å²) in [6.45, 7) is 3.34. The summed E-state index contributed by atoms with van der Waals surface area (Å²) in [7, 11) is 0. The van der Waals surface area contributed by atoms with Gasteiger partial charge in [0.15, 0.2) is 0 Å². The molecule has 2 rings (SSSR count). The summed E-state index contributed by atoms with van der Waals surface area (Å²) in [5.41, 5.74) is 7.35. The van der Waals surface area contributed by atoms with Gasteiger partial charge in [0.1, 0.15) is 6.04 Å². The fourth-order valence-corrected chi connectivity index (χ4v) is 2.51. The average Bonchev–Trinajstić information content (AvgIpc) is 2.29. The third-order valence-electron chi connectivity index (χ3n) is 3.02. The van der Waals surface area contributed by atoms with Crippen LogP contribution in [0.2, 0.25) is 5.02 Å². The van der Waals surface area contributed by atoms with Gasteiger partial charge in [-0.3, -0.25) is 4.79 Å². The maximum absolute atomic E-state index is 11.8. The van der Waals surface area contributed by atoms with Gasteiger partial charge in [0.25, 0.3) is 0 Å². The van der Waals surface area contributed by atoms with Gasteiger partial charge in [-0.2, -0.15) is 0 Å². The van der Waals surface area contributed by atoms with Crippen LogP contribution in [0.3, 0.4) is 0 Å². The lowest BCUT2D eigenvalue weighted by Gasteiger charge is -2.37. The number of nitrogens with zero attached hydrogens (tertiary/aromatic N) is 1. The van der Waals surface area contributed by atoms with Crippen molar-refractivity contribution in [2.24, 2.45) is 0 Å². The second-order valence-electron chi connectivity index (χ2n) is 4.09. The molecule has 0 aromatic heterocycles. The number of carbonyl (C=O) groups is 1. The first-order valence-corrected chi connectivity index (χ1v) is 6.11. The number of hydrogen-bond donors (Lipinski definition) is 2. The Morgan fingerprint density at radius 2 is 2.35 bits per heavy atom. The molecule has 1 saturated heterocycles. The molecular formula is C12H16ClN3O. The minimum atomic E-state index is -0.189. The van der Waals surface area contributed by atoms with Crippen LogP contribution in [0.5, 0.6) is 0 Å². The Bertz CT molecular complexity index is 416. The molecule has 0 spiro atoms. The van der Waals surface area contributed by atoms with Crippen LogP contribution >= 0.6 is 11.6 Å². The Labute approximate surface area is 106 Å². The number of carbonyl (C=O) groups excluding carboxylic acids is 1. The third kappa shape index (κ3) is 2.17. The van der Waals surface area contributed by atoms with Crippen molar-refractivity contribution in [1.82, 2.24) is 5.32 Å². The molecule has 92 valence electrons. The largest absolute Gasteiger partial charge is 0.397 e. The highest BCUT2D eigenvalue weighted by Gasteiger charge is 2.30. The standard InChI is InChI=1S/C12H16ClN3O/c1-2-10-12(17)15-6-7-16(10)11-8(13)4-3-5-9(11)14/h3-5,10H,2,6-7,14H2,1H3,(H,15,17). The van der Waals surface area contributed by atoms with Gasteiger partial charge in [-0.1, -0.05) is 24.6 Å². The number of hydrogen-bond acceptors (Lipinski definition) is 3. The van der Waals surface area contributed by atoms with Crippen LogP contribution in [-0.2, 0) is 4.79 Å². The van der Waals surface area contributed by atoms with Crippen LogP contribution in [0.25, 0.3) is 0 Å². The van der Waals surface area contributed by atoms with Gasteiger partial charge < -0.3 is 16.0 Å². The molecule has 0 radical (unpaired) electrons. The van der Waals surface area contributed by atoms with E-state index in [0.29, 0.717) is 17.3 Å². The number of piperazine rings is 1. The van der Waals surface area contributed by atoms with E-state index in [0.717, 1.165) is 18.7 Å². The highest BCUT2D eigenvalue weighted by atomic mass is 35.5.